The molecular formula is C14H16NaO6P. The standard InChI is InChI=1S/C14H17O6P.Na/c1-2-13(15)19-9-10-20-14(16)8-11-21(17,18)12-6-4-3-5-7-12;/h2-7H,1,8-11H2,(H,17,18);/q;+1/p-1. The molecule has 114 valence electrons. The van der Waals surface area contributed by atoms with E-state index in [4.69, 9.17) is 4.74 Å². The molecule has 0 N–H and O–H groups in total. The number of carbonyl (C=O) groups is 2. The molecule has 0 fully saturated rings. The molecule has 1 rings (SSSR count). The third kappa shape index (κ3) is 7.92. The maximum absolute atomic E-state index is 11.9. The number of esters is 2. The van der Waals surface area contributed by atoms with Gasteiger partial charge in [0.05, 0.1) is 6.42 Å². The van der Waals surface area contributed by atoms with Crippen molar-refractivity contribution < 1.29 is 58.1 Å². The van der Waals surface area contributed by atoms with Crippen LogP contribution in [0.5, 0.6) is 0 Å². The maximum atomic E-state index is 11.9. The third-order valence-electron chi connectivity index (χ3n) is 2.52. The zero-order chi connectivity index (χ0) is 15.7. The zero-order valence-electron chi connectivity index (χ0n) is 12.4. The minimum atomic E-state index is -3.81. The summed E-state index contributed by atoms with van der Waals surface area (Å²) in [5.41, 5.74) is 0. The average Bonchev–Trinajstić information content (AvgIpc) is 2.50. The fourth-order valence-electron chi connectivity index (χ4n) is 1.45. The van der Waals surface area contributed by atoms with Gasteiger partial charge in [0.1, 0.15) is 13.2 Å². The third-order valence-corrected chi connectivity index (χ3v) is 4.41. The van der Waals surface area contributed by atoms with Crippen molar-refractivity contribution in [1.82, 2.24) is 0 Å². The van der Waals surface area contributed by atoms with Crippen molar-refractivity contribution in [2.75, 3.05) is 19.4 Å². The molecule has 0 saturated heterocycles. The van der Waals surface area contributed by atoms with Crippen LogP contribution in [0.1, 0.15) is 6.42 Å². The zero-order valence-corrected chi connectivity index (χ0v) is 15.3. The molecule has 0 aliphatic rings. The van der Waals surface area contributed by atoms with Crippen LogP contribution in [0.25, 0.3) is 0 Å². The second kappa shape index (κ2) is 10.8. The first kappa shape index (κ1) is 21.1. The van der Waals surface area contributed by atoms with Gasteiger partial charge in [0.2, 0.25) is 0 Å². The van der Waals surface area contributed by atoms with Crippen LogP contribution >= 0.6 is 7.37 Å². The van der Waals surface area contributed by atoms with Gasteiger partial charge in [0.15, 0.2) is 0 Å². The Labute approximate surface area is 151 Å². The van der Waals surface area contributed by atoms with Gasteiger partial charge in [0, 0.05) is 19.6 Å². The van der Waals surface area contributed by atoms with Crippen molar-refractivity contribution in [3.63, 3.8) is 0 Å². The summed E-state index contributed by atoms with van der Waals surface area (Å²) in [5.74, 6) is -1.27. The van der Waals surface area contributed by atoms with Gasteiger partial charge >= 0.3 is 41.5 Å². The Hall–Kier alpha value is -0.910. The summed E-state index contributed by atoms with van der Waals surface area (Å²) >= 11 is 0. The van der Waals surface area contributed by atoms with Crippen LogP contribution in [0, 0.1) is 0 Å². The van der Waals surface area contributed by atoms with E-state index in [0.29, 0.717) is 0 Å². The first-order chi connectivity index (χ1) is 9.95. The topological polar surface area (TPSA) is 92.7 Å². The number of hydrogen-bond donors (Lipinski definition) is 0. The largest absolute Gasteiger partial charge is 1.00 e. The van der Waals surface area contributed by atoms with E-state index in [1.54, 1.807) is 18.2 Å². The predicted molar refractivity (Wildman–Crippen MR) is 75.3 cm³/mol. The van der Waals surface area contributed by atoms with Gasteiger partial charge in [-0.1, -0.05) is 36.9 Å². The van der Waals surface area contributed by atoms with E-state index in [1.165, 1.54) is 12.1 Å². The molecule has 0 heterocycles. The molecule has 0 bridgehead atoms. The Bertz CT molecular complexity index is 546. The molecule has 0 aliphatic carbocycles. The van der Waals surface area contributed by atoms with Gasteiger partial charge in [-0.3, -0.25) is 4.79 Å². The molecule has 0 spiro atoms. The summed E-state index contributed by atoms with van der Waals surface area (Å²) < 4.78 is 21.3. The van der Waals surface area contributed by atoms with Crippen LogP contribution in [0.2, 0.25) is 0 Å². The summed E-state index contributed by atoms with van der Waals surface area (Å²) in [4.78, 5) is 34.0. The minimum absolute atomic E-state index is 0. The average molecular weight is 334 g/mol. The van der Waals surface area contributed by atoms with Crippen molar-refractivity contribution in [3.05, 3.63) is 43.0 Å². The molecule has 1 atom stereocenters. The van der Waals surface area contributed by atoms with E-state index in [0.717, 1.165) is 6.08 Å². The number of ether oxygens (including phenoxy) is 2. The summed E-state index contributed by atoms with van der Waals surface area (Å²) in [5, 5.41) is 0.192. The first-order valence-corrected chi connectivity index (χ1v) is 8.07. The van der Waals surface area contributed by atoms with Crippen molar-refractivity contribution in [3.8, 4) is 0 Å². The van der Waals surface area contributed by atoms with Crippen LogP contribution in [0.3, 0.4) is 0 Å². The summed E-state index contributed by atoms with van der Waals surface area (Å²) in [6, 6.07) is 7.91. The monoisotopic (exact) mass is 334 g/mol. The van der Waals surface area contributed by atoms with Crippen LogP contribution in [0.15, 0.2) is 43.0 Å². The summed E-state index contributed by atoms with van der Waals surface area (Å²) in [6.07, 6.45) is 0.447. The predicted octanol–water partition coefficient (Wildman–Crippen LogP) is -2.38. The smallest absolute Gasteiger partial charge is 0.796 e. The number of carbonyl (C=O) groups excluding carboxylic acids is 2. The quantitative estimate of drug-likeness (QED) is 0.173. The molecule has 8 heteroatoms. The fourth-order valence-corrected chi connectivity index (χ4v) is 2.81. The molecular weight excluding hydrogens is 318 g/mol. The van der Waals surface area contributed by atoms with Crippen LogP contribution < -0.4 is 39.8 Å². The Kier molecular flexibility index (Phi) is 10.3. The maximum Gasteiger partial charge on any atom is 1.00 e. The Morgan fingerprint density at radius 2 is 1.77 bits per heavy atom. The molecule has 0 aliphatic heterocycles. The minimum Gasteiger partial charge on any atom is -0.796 e. The Morgan fingerprint density at radius 3 is 2.36 bits per heavy atom. The second-order valence-corrected chi connectivity index (χ2v) is 6.39. The summed E-state index contributed by atoms with van der Waals surface area (Å²) in [7, 11) is -3.81. The van der Waals surface area contributed by atoms with Crippen LogP contribution in [-0.2, 0) is 23.6 Å². The van der Waals surface area contributed by atoms with E-state index in [9.17, 15) is 19.0 Å². The van der Waals surface area contributed by atoms with Crippen LogP contribution in [-0.4, -0.2) is 31.3 Å². The van der Waals surface area contributed by atoms with Gasteiger partial charge < -0.3 is 18.9 Å². The van der Waals surface area contributed by atoms with E-state index < -0.39 is 19.3 Å². The molecule has 0 amide bonds. The molecule has 1 aromatic carbocycles. The van der Waals surface area contributed by atoms with E-state index in [-0.39, 0.29) is 60.7 Å². The van der Waals surface area contributed by atoms with E-state index in [2.05, 4.69) is 11.3 Å². The molecule has 0 saturated carbocycles. The molecule has 1 aromatic rings. The van der Waals surface area contributed by atoms with Gasteiger partial charge in [-0.25, -0.2) is 4.79 Å². The van der Waals surface area contributed by atoms with Gasteiger partial charge in [-0.15, -0.1) is 0 Å². The number of benzene rings is 1. The second-order valence-electron chi connectivity index (χ2n) is 4.07. The fraction of sp³-hybridized carbons (Fsp3) is 0.286. The Morgan fingerprint density at radius 1 is 1.18 bits per heavy atom. The normalized spacial score (nSPS) is 12.4. The van der Waals surface area contributed by atoms with Crippen LogP contribution in [0.4, 0.5) is 0 Å². The van der Waals surface area contributed by atoms with E-state index in [1.807, 2.05) is 0 Å². The van der Waals surface area contributed by atoms with Gasteiger partial charge in [0.25, 0.3) is 0 Å². The number of rotatable bonds is 8. The van der Waals surface area contributed by atoms with Crippen molar-refractivity contribution in [2.24, 2.45) is 0 Å². The van der Waals surface area contributed by atoms with Gasteiger partial charge in [-0.05, 0) is 5.30 Å². The Balaban J connectivity index is 0.00000441. The first-order valence-electron chi connectivity index (χ1n) is 6.26. The molecule has 0 radical (unpaired) electrons. The van der Waals surface area contributed by atoms with Crippen molar-refractivity contribution >= 4 is 24.6 Å². The SMILES string of the molecule is C=CC(=O)OCCOC(=O)CCP(=O)([O-])c1ccccc1.[Na+]. The molecule has 6 nitrogen and oxygen atoms in total. The van der Waals surface area contributed by atoms with E-state index >= 15 is 0 Å². The number of hydrogen-bond acceptors (Lipinski definition) is 6. The molecule has 22 heavy (non-hydrogen) atoms. The molecule has 1 unspecified atom stereocenters. The summed E-state index contributed by atoms with van der Waals surface area (Å²) in [6.45, 7) is 3.00. The molecule has 0 aromatic heterocycles. The van der Waals surface area contributed by atoms with Gasteiger partial charge in [-0.2, -0.15) is 0 Å². The van der Waals surface area contributed by atoms with Crippen molar-refractivity contribution in [2.45, 2.75) is 6.42 Å². The van der Waals surface area contributed by atoms with Crippen molar-refractivity contribution in [1.29, 1.82) is 0 Å².